The molecule has 3 aromatic carbocycles. The molecule has 0 bridgehead atoms. The van der Waals surface area contributed by atoms with Crippen LogP contribution in [-0.2, 0) is 0 Å². The van der Waals surface area contributed by atoms with E-state index < -0.39 is 0 Å². The second-order valence-corrected chi connectivity index (χ2v) is 4.35. The van der Waals surface area contributed by atoms with E-state index in [1.165, 1.54) is 5.39 Å². The summed E-state index contributed by atoms with van der Waals surface area (Å²) in [6.07, 6.45) is 0. The lowest BCUT2D eigenvalue weighted by Gasteiger charge is -2.06. The van der Waals surface area contributed by atoms with Crippen LogP contribution in [0.4, 0.5) is 0 Å². The minimum Gasteiger partial charge on any atom is -0.324 e. The molecule has 0 saturated heterocycles. The average Bonchev–Trinajstić information content (AvgIpc) is 2.43. The topological polar surface area (TPSA) is 43.1 Å². The summed E-state index contributed by atoms with van der Waals surface area (Å²) in [4.78, 5) is 11.8. The van der Waals surface area contributed by atoms with Crippen LogP contribution in [0.15, 0.2) is 54.6 Å². The molecule has 2 N–H and O–H groups in total. The first kappa shape index (κ1) is 10.9. The third-order valence-corrected chi connectivity index (χ3v) is 3.23. The molecule has 0 aliphatic carbocycles. The summed E-state index contributed by atoms with van der Waals surface area (Å²) in [7, 11) is 0. The molecule has 0 aliphatic heterocycles. The Morgan fingerprint density at radius 1 is 0.889 bits per heavy atom. The molecule has 0 spiro atoms. The quantitative estimate of drug-likeness (QED) is 0.547. The van der Waals surface area contributed by atoms with Gasteiger partial charge in [0.1, 0.15) is 0 Å². The molecule has 2 heteroatoms. The van der Waals surface area contributed by atoms with E-state index in [0.29, 0.717) is 5.56 Å². The van der Waals surface area contributed by atoms with Crippen molar-refractivity contribution in [2.45, 2.75) is 0 Å². The van der Waals surface area contributed by atoms with E-state index >= 15 is 0 Å². The van der Waals surface area contributed by atoms with Gasteiger partial charge in [-0.15, -0.1) is 0 Å². The highest BCUT2D eigenvalue weighted by molar-refractivity contribution is 6.12. The van der Waals surface area contributed by atoms with Crippen LogP contribution in [0.2, 0.25) is 0 Å². The summed E-state index contributed by atoms with van der Waals surface area (Å²) in [6, 6.07) is 18.1. The third-order valence-electron chi connectivity index (χ3n) is 3.23. The fourth-order valence-corrected chi connectivity index (χ4v) is 2.32. The summed E-state index contributed by atoms with van der Waals surface area (Å²) >= 11 is 0. The van der Waals surface area contributed by atoms with Gasteiger partial charge in [-0.05, 0) is 33.7 Å². The number of hydrogen-bond donors (Lipinski definition) is 1. The maximum Gasteiger partial charge on any atom is 0.177 e. The number of nitrogens with two attached hydrogens (primary N) is 1. The fourth-order valence-electron chi connectivity index (χ4n) is 2.32. The zero-order chi connectivity index (χ0) is 12.5. The Morgan fingerprint density at radius 2 is 1.56 bits per heavy atom. The number of Topliss-reactive ketones (excluding diaryl/α,β-unsaturated/α-hetero) is 1. The maximum atomic E-state index is 11.8. The van der Waals surface area contributed by atoms with Crippen molar-refractivity contribution in [3.63, 3.8) is 0 Å². The Kier molecular flexibility index (Phi) is 2.58. The van der Waals surface area contributed by atoms with Crippen molar-refractivity contribution in [2.24, 2.45) is 5.73 Å². The van der Waals surface area contributed by atoms with E-state index in [1.807, 2.05) is 30.3 Å². The number of carbonyl (C=O) groups is 1. The van der Waals surface area contributed by atoms with Gasteiger partial charge in [0, 0.05) is 5.56 Å². The molecular weight excluding hydrogens is 222 g/mol. The molecule has 0 radical (unpaired) electrons. The van der Waals surface area contributed by atoms with Gasteiger partial charge in [-0.3, -0.25) is 4.79 Å². The monoisotopic (exact) mass is 235 g/mol. The second-order valence-electron chi connectivity index (χ2n) is 4.35. The number of rotatable bonds is 2. The summed E-state index contributed by atoms with van der Waals surface area (Å²) < 4.78 is 0. The van der Waals surface area contributed by atoms with Crippen LogP contribution in [0, 0.1) is 0 Å². The highest BCUT2D eigenvalue weighted by Gasteiger charge is 2.08. The predicted molar refractivity (Wildman–Crippen MR) is 74.8 cm³/mol. The molecule has 2 nitrogen and oxygen atoms in total. The van der Waals surface area contributed by atoms with E-state index in [9.17, 15) is 4.79 Å². The lowest BCUT2D eigenvalue weighted by atomic mass is 9.98. The minimum atomic E-state index is -0.0177. The molecule has 0 aliphatic rings. The van der Waals surface area contributed by atoms with Crippen molar-refractivity contribution in [3.8, 4) is 0 Å². The lowest BCUT2D eigenvalue weighted by Crippen LogP contribution is -2.13. The highest BCUT2D eigenvalue weighted by atomic mass is 16.1. The minimum absolute atomic E-state index is 0.0177. The van der Waals surface area contributed by atoms with Gasteiger partial charge in [0.05, 0.1) is 6.54 Å². The van der Waals surface area contributed by atoms with Crippen molar-refractivity contribution in [3.05, 3.63) is 60.2 Å². The number of ketones is 1. The Morgan fingerprint density at radius 3 is 2.28 bits per heavy atom. The summed E-state index contributed by atoms with van der Waals surface area (Å²) in [5.41, 5.74) is 6.17. The molecule has 0 atom stereocenters. The molecular formula is C16H13NO. The van der Waals surface area contributed by atoms with Crippen LogP contribution in [0.3, 0.4) is 0 Å². The van der Waals surface area contributed by atoms with Gasteiger partial charge in [-0.25, -0.2) is 0 Å². The highest BCUT2D eigenvalue weighted by Crippen LogP contribution is 2.25. The maximum absolute atomic E-state index is 11.8. The second kappa shape index (κ2) is 4.24. The van der Waals surface area contributed by atoms with Crippen molar-refractivity contribution in [1.29, 1.82) is 0 Å². The van der Waals surface area contributed by atoms with E-state index in [0.717, 1.165) is 16.2 Å². The molecule has 0 unspecified atom stereocenters. The lowest BCUT2D eigenvalue weighted by molar-refractivity contribution is 0.100. The number of hydrogen-bond acceptors (Lipinski definition) is 2. The van der Waals surface area contributed by atoms with Gasteiger partial charge >= 0.3 is 0 Å². The predicted octanol–water partition coefficient (Wildman–Crippen LogP) is 3.13. The first-order chi connectivity index (χ1) is 8.79. The van der Waals surface area contributed by atoms with Gasteiger partial charge in [-0.2, -0.15) is 0 Å². The molecule has 18 heavy (non-hydrogen) atoms. The molecule has 0 heterocycles. The zero-order valence-electron chi connectivity index (χ0n) is 9.89. The Bertz CT molecular complexity index is 746. The number of fused-ring (bicyclic) bond motifs is 2. The molecule has 0 fully saturated rings. The first-order valence-corrected chi connectivity index (χ1v) is 5.94. The van der Waals surface area contributed by atoms with Crippen LogP contribution in [0.25, 0.3) is 21.5 Å². The molecule has 0 aromatic heterocycles. The van der Waals surface area contributed by atoms with Crippen LogP contribution in [0.5, 0.6) is 0 Å². The smallest absolute Gasteiger partial charge is 0.177 e. The zero-order valence-corrected chi connectivity index (χ0v) is 9.89. The first-order valence-electron chi connectivity index (χ1n) is 5.94. The fraction of sp³-hybridized carbons (Fsp3) is 0.0625. The van der Waals surface area contributed by atoms with Gasteiger partial charge in [0.25, 0.3) is 0 Å². The molecule has 0 amide bonds. The summed E-state index contributed by atoms with van der Waals surface area (Å²) in [5.74, 6) is -0.0177. The van der Waals surface area contributed by atoms with Crippen LogP contribution in [0.1, 0.15) is 10.4 Å². The van der Waals surface area contributed by atoms with Crippen LogP contribution in [-0.4, -0.2) is 12.3 Å². The molecule has 3 rings (SSSR count). The van der Waals surface area contributed by atoms with E-state index in [2.05, 4.69) is 24.3 Å². The van der Waals surface area contributed by atoms with Gasteiger partial charge in [0.15, 0.2) is 5.78 Å². The largest absolute Gasteiger partial charge is 0.324 e. The van der Waals surface area contributed by atoms with Gasteiger partial charge < -0.3 is 5.73 Å². The molecule has 3 aromatic rings. The van der Waals surface area contributed by atoms with Gasteiger partial charge in [0.2, 0.25) is 0 Å². The third kappa shape index (κ3) is 1.67. The van der Waals surface area contributed by atoms with Gasteiger partial charge in [-0.1, -0.05) is 42.5 Å². The van der Waals surface area contributed by atoms with Crippen molar-refractivity contribution in [1.82, 2.24) is 0 Å². The SMILES string of the molecule is NCC(=O)c1cccc2cc3ccccc3cc12. The Labute approximate surface area is 105 Å². The standard InChI is InChI=1S/C16H13NO/c17-10-16(18)14-7-3-6-13-8-11-4-1-2-5-12(11)9-15(13)14/h1-9H,10,17H2. The van der Waals surface area contributed by atoms with Crippen LogP contribution >= 0.6 is 0 Å². The van der Waals surface area contributed by atoms with E-state index in [4.69, 9.17) is 5.73 Å². The van der Waals surface area contributed by atoms with E-state index in [-0.39, 0.29) is 12.3 Å². The average molecular weight is 235 g/mol. The van der Waals surface area contributed by atoms with Crippen LogP contribution < -0.4 is 5.73 Å². The summed E-state index contributed by atoms with van der Waals surface area (Å²) in [6.45, 7) is 0.0476. The van der Waals surface area contributed by atoms with Crippen molar-refractivity contribution >= 4 is 27.3 Å². The normalized spacial score (nSPS) is 10.9. The number of benzene rings is 3. The Balaban J connectivity index is 2.39. The molecule has 88 valence electrons. The molecule has 0 saturated carbocycles. The van der Waals surface area contributed by atoms with Crippen molar-refractivity contribution < 1.29 is 4.79 Å². The number of carbonyl (C=O) groups excluding carboxylic acids is 1. The van der Waals surface area contributed by atoms with E-state index in [1.54, 1.807) is 0 Å². The van der Waals surface area contributed by atoms with Crippen molar-refractivity contribution in [2.75, 3.05) is 6.54 Å². The summed E-state index contributed by atoms with van der Waals surface area (Å²) in [5, 5.41) is 4.38. The Hall–Kier alpha value is -2.19.